The fourth-order valence-corrected chi connectivity index (χ4v) is 11.4. The number of thiazole rings is 1. The third kappa shape index (κ3) is 14.2. The molecule has 2 saturated heterocycles. The number of unbranched alkanes of at least 4 members (excludes halogenated alkanes) is 7. The first-order chi connectivity index (χ1) is 38.5. The summed E-state index contributed by atoms with van der Waals surface area (Å²) < 4.78 is 23.1. The number of nitrogens with one attached hydrogen (secondary N) is 4. The predicted octanol–water partition coefficient (Wildman–Crippen LogP) is 8.88. The van der Waals surface area contributed by atoms with E-state index in [0.29, 0.717) is 56.4 Å². The van der Waals surface area contributed by atoms with Crippen molar-refractivity contribution in [3.63, 3.8) is 0 Å². The second kappa shape index (κ2) is 25.7. The van der Waals surface area contributed by atoms with Crippen LogP contribution in [-0.2, 0) is 35.3 Å². The molecule has 4 N–H and O–H groups in total. The lowest BCUT2D eigenvalue weighted by Gasteiger charge is -2.35. The van der Waals surface area contributed by atoms with Crippen molar-refractivity contribution < 1.29 is 37.9 Å². The van der Waals surface area contributed by atoms with Crippen LogP contribution >= 0.6 is 11.3 Å². The van der Waals surface area contributed by atoms with Crippen LogP contribution in [0.2, 0.25) is 0 Å². The zero-order valence-corrected chi connectivity index (χ0v) is 47.2. The number of ether oxygens (including phenoxy) is 1. The molecule has 0 spiro atoms. The molecule has 0 radical (unpaired) electrons. The van der Waals surface area contributed by atoms with Crippen LogP contribution in [0.25, 0.3) is 27.3 Å². The molecule has 6 aromatic rings. The molecule has 5 amide bonds. The number of carbonyl (C=O) groups excluding carboxylic acids is 6. The van der Waals surface area contributed by atoms with Crippen molar-refractivity contribution in [1.82, 2.24) is 54.9 Å². The highest BCUT2D eigenvalue weighted by Gasteiger charge is 2.46. The van der Waals surface area contributed by atoms with Crippen LogP contribution < -0.4 is 16.0 Å². The first kappa shape index (κ1) is 57.1. The lowest BCUT2D eigenvalue weighted by atomic mass is 9.85. The van der Waals surface area contributed by atoms with Crippen molar-refractivity contribution >= 4 is 64.0 Å². The molecular formula is C59H73FN12O7S. The maximum atomic E-state index is 15.7. The van der Waals surface area contributed by atoms with Gasteiger partial charge in [0.1, 0.15) is 24.0 Å². The molecule has 19 nitrogen and oxygen atoms in total. The predicted molar refractivity (Wildman–Crippen MR) is 302 cm³/mol. The lowest BCUT2D eigenvalue weighted by Crippen LogP contribution is -2.57. The normalized spacial score (nSPS) is 16.9. The molecule has 3 fully saturated rings. The number of aromatic nitrogens is 6. The molecule has 2 aliphatic heterocycles. The highest BCUT2D eigenvalue weighted by Crippen LogP contribution is 2.41. The van der Waals surface area contributed by atoms with Gasteiger partial charge in [-0.2, -0.15) is 5.10 Å². The van der Waals surface area contributed by atoms with Gasteiger partial charge < -0.3 is 35.4 Å². The quantitative estimate of drug-likeness (QED) is 0.0348. The molecule has 6 heterocycles. The smallest absolute Gasteiger partial charge is 0.302 e. The third-order valence-corrected chi connectivity index (χ3v) is 16.2. The van der Waals surface area contributed by atoms with Gasteiger partial charge in [-0.25, -0.2) is 19.3 Å². The van der Waals surface area contributed by atoms with Crippen molar-refractivity contribution in [3.05, 3.63) is 101 Å². The Bertz CT molecular complexity index is 3160. The number of piperazine rings is 1. The second-order valence-corrected chi connectivity index (χ2v) is 23.3. The van der Waals surface area contributed by atoms with Gasteiger partial charge in [0.25, 0.3) is 5.91 Å². The van der Waals surface area contributed by atoms with Gasteiger partial charge >= 0.3 is 5.97 Å². The Balaban J connectivity index is 0.649. The summed E-state index contributed by atoms with van der Waals surface area (Å²) in [5.41, 5.74) is 7.59. The first-order valence-electron chi connectivity index (χ1n) is 28.1. The Hall–Kier alpha value is -7.55. The summed E-state index contributed by atoms with van der Waals surface area (Å²) in [7, 11) is 0. The van der Waals surface area contributed by atoms with Crippen molar-refractivity contribution in [2.75, 3.05) is 38.0 Å². The van der Waals surface area contributed by atoms with E-state index in [9.17, 15) is 28.8 Å². The van der Waals surface area contributed by atoms with Crippen LogP contribution in [0.3, 0.4) is 0 Å². The zero-order chi connectivity index (χ0) is 56.5. The topological polar surface area (TPSA) is 229 Å². The van der Waals surface area contributed by atoms with Crippen molar-refractivity contribution in [1.29, 1.82) is 0 Å². The molecule has 3 aliphatic rings. The number of esters is 1. The largest absolute Gasteiger partial charge is 0.461 e. The zero-order valence-electron chi connectivity index (χ0n) is 46.4. The van der Waals surface area contributed by atoms with Gasteiger partial charge in [0, 0.05) is 88.3 Å². The minimum Gasteiger partial charge on any atom is -0.461 e. The number of aromatic amines is 1. The Morgan fingerprint density at radius 3 is 2.20 bits per heavy atom. The number of aryl methyl sites for hydroxylation is 1. The number of rotatable bonds is 23. The second-order valence-electron chi connectivity index (χ2n) is 22.5. The number of hydrogen-bond acceptors (Lipinski definition) is 13. The van der Waals surface area contributed by atoms with Gasteiger partial charge in [0.05, 0.1) is 52.1 Å². The minimum absolute atomic E-state index is 0.0448. The third-order valence-electron chi connectivity index (χ3n) is 15.3. The van der Waals surface area contributed by atoms with Crippen LogP contribution in [-0.4, -0.2) is 131 Å². The molecular weight excluding hydrogens is 1040 g/mol. The molecule has 9 rings (SSSR count). The van der Waals surface area contributed by atoms with Gasteiger partial charge in [0.15, 0.2) is 11.5 Å². The van der Waals surface area contributed by atoms with E-state index < -0.39 is 41.3 Å². The summed E-state index contributed by atoms with van der Waals surface area (Å²) in [5, 5.41) is 16.0. The highest BCUT2D eigenvalue weighted by molar-refractivity contribution is 7.13. The number of benzene rings is 2. The summed E-state index contributed by atoms with van der Waals surface area (Å²) in [5.74, 6) is -1.52. The Morgan fingerprint density at radius 1 is 0.863 bits per heavy atom. The maximum Gasteiger partial charge on any atom is 0.302 e. The monoisotopic (exact) mass is 1110 g/mol. The van der Waals surface area contributed by atoms with E-state index in [2.05, 4.69) is 36.1 Å². The number of amides is 5. The summed E-state index contributed by atoms with van der Waals surface area (Å²) in [4.78, 5) is 99.7. The number of carbonyl (C=O) groups is 6. The lowest BCUT2D eigenvalue weighted by molar-refractivity contribution is -0.147. The van der Waals surface area contributed by atoms with E-state index in [-0.39, 0.29) is 60.8 Å². The molecule has 21 heteroatoms. The van der Waals surface area contributed by atoms with E-state index in [1.807, 2.05) is 73.0 Å². The van der Waals surface area contributed by atoms with Crippen LogP contribution in [0.15, 0.2) is 72.8 Å². The Morgan fingerprint density at radius 2 is 1.56 bits per heavy atom. The summed E-state index contributed by atoms with van der Waals surface area (Å²) in [6.45, 7) is 10.8. The van der Waals surface area contributed by atoms with Crippen LogP contribution in [0.5, 0.6) is 0 Å². The van der Waals surface area contributed by atoms with Gasteiger partial charge in [-0.05, 0) is 67.3 Å². The minimum atomic E-state index is -0.908. The van der Waals surface area contributed by atoms with Gasteiger partial charge in [0.2, 0.25) is 23.6 Å². The van der Waals surface area contributed by atoms with E-state index in [1.165, 1.54) is 17.9 Å². The number of halogens is 1. The van der Waals surface area contributed by atoms with Crippen LogP contribution in [0.1, 0.15) is 144 Å². The fraction of sp³-hybridized carbons (Fsp3) is 0.492. The molecule has 0 unspecified atom stereocenters. The molecule has 1 saturated carbocycles. The standard InChI is InChI=1S/C59H73FN12O7S/c1-37-52(80-36-63-37)41-18-16-39(17-19-41)30-62-56(76)48-29-44(79-38(2)73)34-72(48)58(78)53(59(3,4)5)68-50(74)14-12-10-8-6-7-9-11-13-15-51(75)69-24-26-70(27-25-69)57(77)42-22-23-46(45(60)28-42)66-54-55-61-33-49(43-31-64-65-32-43)71(55)35-47(67-54)40-20-21-40/h16-19,22-23,28,31-33,35-36,40,44,48,53H,6-15,20-21,24-27,29-30,34H2,1-5H3,(H,62,76)(H,64,65)(H,66,67)(H,68,74)/t44-,48+,53-/m1/s1. The van der Waals surface area contributed by atoms with Gasteiger partial charge in [-0.1, -0.05) is 83.6 Å². The number of H-pyrrole nitrogens is 1. The number of imidazole rings is 1. The van der Waals surface area contributed by atoms with Crippen LogP contribution in [0, 0.1) is 18.2 Å². The maximum absolute atomic E-state index is 15.7. The van der Waals surface area contributed by atoms with Crippen LogP contribution in [0.4, 0.5) is 15.9 Å². The molecule has 2 aromatic carbocycles. The Labute approximate surface area is 469 Å². The number of nitrogens with zero attached hydrogens (tertiary/aromatic N) is 8. The molecule has 80 heavy (non-hydrogen) atoms. The van der Waals surface area contributed by atoms with Gasteiger partial charge in [-0.3, -0.25) is 38.3 Å². The average molecular weight is 1110 g/mol. The van der Waals surface area contributed by atoms with Crippen molar-refractivity contribution in [2.45, 2.75) is 149 Å². The van der Waals surface area contributed by atoms with Crippen molar-refractivity contribution in [2.24, 2.45) is 5.41 Å². The Kier molecular flexibility index (Phi) is 18.4. The summed E-state index contributed by atoms with van der Waals surface area (Å²) in [6.07, 6.45) is 16.7. The van der Waals surface area contributed by atoms with E-state index in [0.717, 1.165) is 96.4 Å². The molecule has 1 aliphatic carbocycles. The fourth-order valence-electron chi connectivity index (χ4n) is 10.6. The number of anilines is 2. The van der Waals surface area contributed by atoms with Crippen molar-refractivity contribution in [3.8, 4) is 21.7 Å². The van der Waals surface area contributed by atoms with E-state index in [4.69, 9.17) is 9.72 Å². The number of likely N-dealkylation sites (tertiary alicyclic amines) is 1. The van der Waals surface area contributed by atoms with Gasteiger partial charge in [-0.15, -0.1) is 11.3 Å². The number of fused-ring (bicyclic) bond motifs is 1. The summed E-state index contributed by atoms with van der Waals surface area (Å²) >= 11 is 1.57. The van der Waals surface area contributed by atoms with E-state index >= 15 is 4.39 Å². The molecule has 4 aromatic heterocycles. The SMILES string of the molecule is CC(=O)O[C@@H]1C[C@@H](C(=O)NCc2ccc(-c3scnc3C)cc2)N(C(=O)[C@@H](NC(=O)CCCCCCCCCCC(=O)N2CCN(C(=O)c3ccc(Nc4nc(C5CC5)cn5c(-c6cn[nH]c6)cnc45)c(F)c3)CC2)C(C)(C)C)C1. The summed E-state index contributed by atoms with van der Waals surface area (Å²) in [6, 6.07) is 10.5. The molecule has 0 bridgehead atoms. The first-order valence-corrected chi connectivity index (χ1v) is 28.9. The average Bonchev–Trinajstić information content (AvgIpc) is 3.78. The number of hydrogen-bond donors (Lipinski definition) is 4. The molecule has 424 valence electrons. The van der Waals surface area contributed by atoms with E-state index in [1.54, 1.807) is 47.0 Å². The molecule has 3 atom stereocenters. The highest BCUT2D eigenvalue weighted by atomic mass is 32.1.